The van der Waals surface area contributed by atoms with E-state index in [1.54, 1.807) is 43.5 Å². The van der Waals surface area contributed by atoms with E-state index in [4.69, 9.17) is 17.0 Å². The Balaban J connectivity index is 1.95. The number of carbonyl (C=O) groups is 1. The van der Waals surface area contributed by atoms with Crippen LogP contribution in [0.15, 0.2) is 53.4 Å². The molecule has 1 heterocycles. The molecule has 1 aliphatic rings. The number of ether oxygens (including phenoxy) is 1. The van der Waals surface area contributed by atoms with Crippen LogP contribution in [0.1, 0.15) is 12.5 Å². The molecule has 0 aliphatic carbocycles. The first-order valence-corrected chi connectivity index (χ1v) is 8.41. The molecule has 0 aromatic heterocycles. The van der Waals surface area contributed by atoms with E-state index in [0.717, 1.165) is 11.1 Å². The van der Waals surface area contributed by atoms with Gasteiger partial charge in [0.15, 0.2) is 4.32 Å². The Morgan fingerprint density at radius 3 is 2.33 bits per heavy atom. The van der Waals surface area contributed by atoms with Crippen LogP contribution in [0.5, 0.6) is 5.75 Å². The van der Waals surface area contributed by atoms with Crippen LogP contribution in [0.2, 0.25) is 0 Å². The smallest absolute Gasteiger partial charge is 0.271 e. The number of nitrogens with zero attached hydrogens (tertiary/aromatic N) is 1. The Morgan fingerprint density at radius 1 is 1.12 bits per heavy atom. The predicted octanol–water partition coefficient (Wildman–Crippen LogP) is 4.63. The second-order valence-corrected chi connectivity index (χ2v) is 6.81. The maximum Gasteiger partial charge on any atom is 0.271 e. The average molecular weight is 359 g/mol. The Labute approximate surface area is 149 Å². The zero-order valence-electron chi connectivity index (χ0n) is 13.1. The van der Waals surface area contributed by atoms with Gasteiger partial charge in [-0.25, -0.2) is 4.39 Å². The molecule has 0 atom stereocenters. The number of benzene rings is 2. The number of methoxy groups -OCH3 is 1. The van der Waals surface area contributed by atoms with Crippen LogP contribution in [0, 0.1) is 5.82 Å². The van der Waals surface area contributed by atoms with Crippen molar-refractivity contribution in [1.29, 1.82) is 0 Å². The van der Waals surface area contributed by atoms with Gasteiger partial charge in [-0.05, 0) is 54.5 Å². The number of thiocarbonyl (C=S) groups is 1. The van der Waals surface area contributed by atoms with Crippen LogP contribution in [0.25, 0.3) is 5.57 Å². The molecular formula is C18H14FNO2S2. The molecular weight excluding hydrogens is 345 g/mol. The summed E-state index contributed by atoms with van der Waals surface area (Å²) in [6.45, 7) is 1.84. The molecule has 0 radical (unpaired) electrons. The molecule has 0 N–H and O–H groups in total. The molecule has 1 fully saturated rings. The van der Waals surface area contributed by atoms with Gasteiger partial charge in [-0.1, -0.05) is 36.1 Å². The van der Waals surface area contributed by atoms with Gasteiger partial charge in [0.1, 0.15) is 11.6 Å². The van der Waals surface area contributed by atoms with Crippen molar-refractivity contribution in [1.82, 2.24) is 0 Å². The van der Waals surface area contributed by atoms with E-state index in [9.17, 15) is 9.18 Å². The largest absolute Gasteiger partial charge is 0.497 e. The average Bonchev–Trinajstić information content (AvgIpc) is 2.89. The summed E-state index contributed by atoms with van der Waals surface area (Å²) < 4.78 is 18.7. The van der Waals surface area contributed by atoms with Gasteiger partial charge in [-0.15, -0.1) is 0 Å². The maximum atomic E-state index is 13.1. The summed E-state index contributed by atoms with van der Waals surface area (Å²) in [5, 5.41) is 0. The van der Waals surface area contributed by atoms with E-state index in [1.165, 1.54) is 28.8 Å². The van der Waals surface area contributed by atoms with E-state index >= 15 is 0 Å². The van der Waals surface area contributed by atoms with Gasteiger partial charge in [0.05, 0.1) is 17.7 Å². The van der Waals surface area contributed by atoms with Crippen molar-refractivity contribution >= 4 is 45.5 Å². The summed E-state index contributed by atoms with van der Waals surface area (Å²) in [5.74, 6) is 0.233. The number of hydrogen-bond donors (Lipinski definition) is 0. The first-order valence-electron chi connectivity index (χ1n) is 7.18. The van der Waals surface area contributed by atoms with E-state index in [1.807, 2.05) is 6.92 Å². The van der Waals surface area contributed by atoms with Gasteiger partial charge < -0.3 is 4.74 Å². The summed E-state index contributed by atoms with van der Waals surface area (Å²) in [5.41, 5.74) is 2.27. The third-order valence-corrected chi connectivity index (χ3v) is 5.19. The SMILES string of the molecule is COc1ccc(N2C(=O)C(=C(C)c3ccc(F)cc3)SC2=S)cc1. The lowest BCUT2D eigenvalue weighted by molar-refractivity contribution is -0.113. The maximum absolute atomic E-state index is 13.1. The number of hydrogen-bond acceptors (Lipinski definition) is 4. The fourth-order valence-electron chi connectivity index (χ4n) is 2.38. The Morgan fingerprint density at radius 2 is 1.75 bits per heavy atom. The van der Waals surface area contributed by atoms with Crippen LogP contribution >= 0.6 is 24.0 Å². The summed E-state index contributed by atoms with van der Waals surface area (Å²) in [7, 11) is 1.59. The number of allylic oxidation sites excluding steroid dienone is 1. The van der Waals surface area contributed by atoms with Crippen molar-refractivity contribution in [3.8, 4) is 5.75 Å². The summed E-state index contributed by atoms with van der Waals surface area (Å²) in [6, 6.07) is 13.2. The van der Waals surface area contributed by atoms with Crippen LogP contribution < -0.4 is 9.64 Å². The van der Waals surface area contributed by atoms with E-state index in [0.29, 0.717) is 20.7 Å². The number of halogens is 1. The van der Waals surface area contributed by atoms with Crippen LogP contribution in [0.4, 0.5) is 10.1 Å². The van der Waals surface area contributed by atoms with Crippen molar-refractivity contribution < 1.29 is 13.9 Å². The highest BCUT2D eigenvalue weighted by Gasteiger charge is 2.34. The van der Waals surface area contributed by atoms with Crippen molar-refractivity contribution in [2.75, 3.05) is 12.0 Å². The Hall–Kier alpha value is -2.18. The fourth-order valence-corrected chi connectivity index (χ4v) is 3.73. The molecule has 0 unspecified atom stereocenters. The minimum atomic E-state index is -0.308. The lowest BCUT2D eigenvalue weighted by Crippen LogP contribution is -2.27. The van der Waals surface area contributed by atoms with E-state index in [-0.39, 0.29) is 11.7 Å². The van der Waals surface area contributed by atoms with Gasteiger partial charge in [-0.3, -0.25) is 9.69 Å². The molecule has 2 aromatic rings. The van der Waals surface area contributed by atoms with E-state index in [2.05, 4.69) is 0 Å². The number of rotatable bonds is 3. The van der Waals surface area contributed by atoms with Crippen molar-refractivity contribution in [2.45, 2.75) is 6.92 Å². The molecule has 0 saturated carbocycles. The zero-order valence-corrected chi connectivity index (χ0v) is 14.7. The van der Waals surface area contributed by atoms with Gasteiger partial charge in [-0.2, -0.15) is 0 Å². The lowest BCUT2D eigenvalue weighted by atomic mass is 10.1. The molecule has 1 saturated heterocycles. The Kier molecular flexibility index (Phi) is 4.69. The zero-order chi connectivity index (χ0) is 17.3. The van der Waals surface area contributed by atoms with Crippen LogP contribution in [-0.2, 0) is 4.79 Å². The minimum absolute atomic E-state index is 0.169. The molecule has 0 spiro atoms. The molecule has 122 valence electrons. The molecule has 3 nitrogen and oxygen atoms in total. The molecule has 3 rings (SSSR count). The minimum Gasteiger partial charge on any atom is -0.497 e. The topological polar surface area (TPSA) is 29.5 Å². The normalized spacial score (nSPS) is 16.5. The lowest BCUT2D eigenvalue weighted by Gasteiger charge is -2.15. The molecule has 1 amide bonds. The standard InChI is InChI=1S/C18H14FNO2S2/c1-11(12-3-5-13(19)6-4-12)16-17(21)20(18(23)24-16)14-7-9-15(22-2)10-8-14/h3-10H,1-2H3. The third-order valence-electron chi connectivity index (χ3n) is 3.72. The predicted molar refractivity (Wildman–Crippen MR) is 99.7 cm³/mol. The highest BCUT2D eigenvalue weighted by atomic mass is 32.2. The number of carbonyl (C=O) groups excluding carboxylic acids is 1. The highest BCUT2D eigenvalue weighted by Crippen LogP contribution is 2.39. The van der Waals surface area contributed by atoms with Crippen molar-refractivity contribution in [3.05, 3.63) is 64.8 Å². The summed E-state index contributed by atoms with van der Waals surface area (Å²) >= 11 is 6.63. The number of amides is 1. The van der Waals surface area contributed by atoms with E-state index < -0.39 is 0 Å². The number of anilines is 1. The monoisotopic (exact) mass is 359 g/mol. The molecule has 1 aliphatic heterocycles. The van der Waals surface area contributed by atoms with Gasteiger partial charge in [0, 0.05) is 0 Å². The molecule has 6 heteroatoms. The summed E-state index contributed by atoms with van der Waals surface area (Å²) in [6.07, 6.45) is 0. The fraction of sp³-hybridized carbons (Fsp3) is 0.111. The quantitative estimate of drug-likeness (QED) is 0.590. The van der Waals surface area contributed by atoms with Gasteiger partial charge in [0.2, 0.25) is 0 Å². The van der Waals surface area contributed by atoms with Crippen LogP contribution in [0.3, 0.4) is 0 Å². The second-order valence-electron chi connectivity index (χ2n) is 5.17. The van der Waals surface area contributed by atoms with Gasteiger partial charge >= 0.3 is 0 Å². The molecule has 0 bridgehead atoms. The second kappa shape index (κ2) is 6.75. The molecule has 24 heavy (non-hydrogen) atoms. The van der Waals surface area contributed by atoms with Gasteiger partial charge in [0.25, 0.3) is 5.91 Å². The van der Waals surface area contributed by atoms with Crippen molar-refractivity contribution in [2.24, 2.45) is 0 Å². The van der Waals surface area contributed by atoms with Crippen LogP contribution in [-0.4, -0.2) is 17.3 Å². The first-order chi connectivity index (χ1) is 11.5. The summed E-state index contributed by atoms with van der Waals surface area (Å²) in [4.78, 5) is 14.9. The Bertz CT molecular complexity index is 829. The number of thioether (sulfide) groups is 1. The first kappa shape index (κ1) is 16.7. The molecule has 2 aromatic carbocycles. The third kappa shape index (κ3) is 3.07. The highest BCUT2D eigenvalue weighted by molar-refractivity contribution is 8.27. The van der Waals surface area contributed by atoms with Crippen molar-refractivity contribution in [3.63, 3.8) is 0 Å².